The van der Waals surface area contributed by atoms with E-state index in [4.69, 9.17) is 49.4 Å². The predicted octanol–water partition coefficient (Wildman–Crippen LogP) is 1.81. The van der Waals surface area contributed by atoms with Crippen LogP contribution in [0.5, 0.6) is 11.6 Å². The van der Waals surface area contributed by atoms with Crippen LogP contribution in [-0.4, -0.2) is 87.6 Å². The fourth-order valence-corrected chi connectivity index (χ4v) is 3.75. The van der Waals surface area contributed by atoms with Crippen LogP contribution in [0.4, 0.5) is 4.79 Å². The smallest absolute Gasteiger partial charge is 0.410 e. The van der Waals surface area contributed by atoms with Crippen molar-refractivity contribution in [3.63, 3.8) is 0 Å². The van der Waals surface area contributed by atoms with Gasteiger partial charge in [0, 0.05) is 26.2 Å². The quantitative estimate of drug-likeness (QED) is 0.605. The number of fused-ring (bicyclic) bond motifs is 2. The third-order valence-corrected chi connectivity index (χ3v) is 5.71. The van der Waals surface area contributed by atoms with Gasteiger partial charge in [-0.15, -0.1) is 0 Å². The van der Waals surface area contributed by atoms with E-state index in [0.29, 0.717) is 48.7 Å². The lowest BCUT2D eigenvalue weighted by Crippen LogP contribution is -2.56. The Kier molecular flexibility index (Phi) is 6.42. The number of rotatable bonds is 2. The van der Waals surface area contributed by atoms with Gasteiger partial charge in [-0.05, 0) is 42.0 Å². The van der Waals surface area contributed by atoms with E-state index >= 15 is 0 Å². The monoisotopic (exact) mass is 477 g/mol. The molecule has 12 heteroatoms. The Labute approximate surface area is 188 Å². The molecule has 0 aliphatic carbocycles. The normalized spacial score (nSPS) is 20.2. The van der Waals surface area contributed by atoms with Gasteiger partial charge < -0.3 is 19.1 Å². The molecule has 1 amide bonds. The molecule has 0 N–H and O–H groups in total. The third kappa shape index (κ3) is 5.55. The fraction of sp³-hybridized carbons (Fsp3) is 0.647. The first-order valence-corrected chi connectivity index (χ1v) is 10.3. The molecule has 1 aromatic rings. The molecule has 0 aromatic carbocycles. The van der Waals surface area contributed by atoms with Crippen molar-refractivity contribution in [2.45, 2.75) is 44.3 Å². The minimum absolute atomic E-state index is 0.0395. The molecular formula is C17H20B3BrClN3O4. The predicted molar refractivity (Wildman–Crippen MR) is 115 cm³/mol. The van der Waals surface area contributed by atoms with Gasteiger partial charge in [-0.25, -0.2) is 9.78 Å². The van der Waals surface area contributed by atoms with Crippen molar-refractivity contribution < 1.29 is 19.0 Å². The van der Waals surface area contributed by atoms with Crippen molar-refractivity contribution in [2.24, 2.45) is 0 Å². The highest BCUT2D eigenvalue weighted by Gasteiger charge is 2.36. The summed E-state index contributed by atoms with van der Waals surface area (Å²) in [4.78, 5) is 20.7. The van der Waals surface area contributed by atoms with Gasteiger partial charge in [-0.1, -0.05) is 11.6 Å². The Hall–Kier alpha value is -1.06. The van der Waals surface area contributed by atoms with Crippen molar-refractivity contribution in [3.05, 3.63) is 15.2 Å². The standard InChI is InChI=1S/C17H20B3BrClN3O4/c1-16(2,3)29-15(26)25-5-4-24-7-10-13(27-8-9(24)6-25)12(22)11(21)14(23-10)28-17(18,19)20/h9H,4-8H2,1-3H3/t9-/m1/s1. The molecule has 1 atom stereocenters. The van der Waals surface area contributed by atoms with Crippen LogP contribution in [0.25, 0.3) is 0 Å². The molecule has 0 unspecified atom stereocenters. The van der Waals surface area contributed by atoms with Gasteiger partial charge in [0.15, 0.2) is 5.75 Å². The number of carbonyl (C=O) groups excluding carboxylic acids is 1. The Morgan fingerprint density at radius 2 is 2.00 bits per heavy atom. The molecule has 150 valence electrons. The number of hydrogen-bond acceptors (Lipinski definition) is 6. The van der Waals surface area contributed by atoms with Crippen LogP contribution in [0, 0.1) is 0 Å². The van der Waals surface area contributed by atoms with Gasteiger partial charge in [0.1, 0.15) is 50.9 Å². The van der Waals surface area contributed by atoms with E-state index in [2.05, 4.69) is 25.8 Å². The Balaban J connectivity index is 1.79. The lowest BCUT2D eigenvalue weighted by atomic mass is 9.52. The molecule has 7 nitrogen and oxygen atoms in total. The Morgan fingerprint density at radius 3 is 2.62 bits per heavy atom. The maximum atomic E-state index is 12.4. The Morgan fingerprint density at radius 1 is 1.31 bits per heavy atom. The number of amides is 1. The average Bonchev–Trinajstić information content (AvgIpc) is 2.75. The lowest BCUT2D eigenvalue weighted by Gasteiger charge is -2.40. The van der Waals surface area contributed by atoms with Crippen molar-refractivity contribution in [3.8, 4) is 11.6 Å². The maximum absolute atomic E-state index is 12.4. The number of pyridine rings is 1. The molecule has 2 aliphatic heterocycles. The second-order valence-corrected chi connectivity index (χ2v) is 9.31. The van der Waals surface area contributed by atoms with Crippen molar-refractivity contribution in [1.29, 1.82) is 0 Å². The number of piperazine rings is 1. The first-order valence-electron chi connectivity index (χ1n) is 9.12. The van der Waals surface area contributed by atoms with Gasteiger partial charge in [0.2, 0.25) is 5.88 Å². The van der Waals surface area contributed by atoms with Crippen LogP contribution >= 0.6 is 27.5 Å². The van der Waals surface area contributed by atoms with E-state index in [0.717, 1.165) is 0 Å². The number of halogens is 2. The highest BCUT2D eigenvalue weighted by atomic mass is 79.9. The van der Waals surface area contributed by atoms with Crippen LogP contribution in [-0.2, 0) is 11.3 Å². The van der Waals surface area contributed by atoms with Crippen molar-refractivity contribution in [1.82, 2.24) is 14.8 Å². The first-order chi connectivity index (χ1) is 13.3. The van der Waals surface area contributed by atoms with Gasteiger partial charge in [-0.3, -0.25) is 4.90 Å². The largest absolute Gasteiger partial charge is 0.500 e. The average molecular weight is 478 g/mol. The molecule has 29 heavy (non-hydrogen) atoms. The lowest BCUT2D eigenvalue weighted by molar-refractivity contribution is -0.00164. The summed E-state index contributed by atoms with van der Waals surface area (Å²) in [6.45, 7) is 7.97. The highest BCUT2D eigenvalue weighted by molar-refractivity contribution is 9.10. The first kappa shape index (κ1) is 22.6. The van der Waals surface area contributed by atoms with Gasteiger partial charge in [0.25, 0.3) is 0 Å². The van der Waals surface area contributed by atoms with Gasteiger partial charge >= 0.3 is 6.09 Å². The summed E-state index contributed by atoms with van der Waals surface area (Å²) in [5.41, 5.74) is 0.0278. The fourth-order valence-electron chi connectivity index (χ4n) is 3.15. The molecule has 6 radical (unpaired) electrons. The molecule has 3 rings (SSSR count). The molecule has 1 saturated heterocycles. The molecule has 3 heterocycles. The number of hydrogen-bond donors (Lipinski definition) is 0. The minimum atomic E-state index is -1.90. The van der Waals surface area contributed by atoms with Crippen LogP contribution < -0.4 is 9.47 Å². The SMILES string of the molecule is [B]C([B])([B])Oc1nc2c(c(Cl)c1Br)OC[C@H]1CN(C(=O)OC(C)(C)C)CCN1C2. The summed E-state index contributed by atoms with van der Waals surface area (Å²) in [7, 11) is 16.6. The second-order valence-electron chi connectivity index (χ2n) is 8.14. The van der Waals surface area contributed by atoms with Gasteiger partial charge in [-0.2, -0.15) is 0 Å². The van der Waals surface area contributed by atoms with Crippen LogP contribution in [0.3, 0.4) is 0 Å². The summed E-state index contributed by atoms with van der Waals surface area (Å²) in [5.74, 6) is 0.525. The number of ether oxygens (including phenoxy) is 3. The van der Waals surface area contributed by atoms with Gasteiger partial charge in [0.05, 0.1) is 6.04 Å². The summed E-state index contributed by atoms with van der Waals surface area (Å²) >= 11 is 9.77. The maximum Gasteiger partial charge on any atom is 0.410 e. The zero-order valence-corrected chi connectivity index (χ0v) is 18.9. The third-order valence-electron chi connectivity index (χ3n) is 4.38. The van der Waals surface area contributed by atoms with Crippen LogP contribution in [0.2, 0.25) is 5.02 Å². The summed E-state index contributed by atoms with van der Waals surface area (Å²) in [6.07, 6.45) is -0.335. The molecule has 0 spiro atoms. The van der Waals surface area contributed by atoms with E-state index < -0.39 is 10.9 Å². The van der Waals surface area contributed by atoms with Crippen molar-refractivity contribution in [2.75, 3.05) is 26.2 Å². The van der Waals surface area contributed by atoms with E-state index in [1.807, 2.05) is 20.8 Å². The summed E-state index contributed by atoms with van der Waals surface area (Å²) < 4.78 is 17.1. The highest BCUT2D eigenvalue weighted by Crippen LogP contribution is 2.42. The molecule has 1 aromatic heterocycles. The number of nitrogens with zero attached hydrogens (tertiary/aromatic N) is 3. The molecule has 0 saturated carbocycles. The van der Waals surface area contributed by atoms with Crippen LogP contribution in [0.15, 0.2) is 4.47 Å². The number of carbonyl (C=O) groups is 1. The van der Waals surface area contributed by atoms with Crippen molar-refractivity contribution >= 4 is 57.2 Å². The summed E-state index contributed by atoms with van der Waals surface area (Å²) in [6, 6.07) is -0.0395. The summed E-state index contributed by atoms with van der Waals surface area (Å²) in [5, 5.41) is -1.61. The molecule has 1 fully saturated rings. The molecular weight excluding hydrogens is 458 g/mol. The number of aromatic nitrogens is 1. The Bertz CT molecular complexity index is 804. The second kappa shape index (κ2) is 8.23. The molecule has 0 bridgehead atoms. The van der Waals surface area contributed by atoms with E-state index in [9.17, 15) is 4.79 Å². The molecule has 2 aliphatic rings. The van der Waals surface area contributed by atoms with E-state index in [1.54, 1.807) is 4.90 Å². The zero-order valence-electron chi connectivity index (χ0n) is 16.6. The van der Waals surface area contributed by atoms with E-state index in [1.165, 1.54) is 0 Å². The zero-order chi connectivity index (χ0) is 21.6. The van der Waals surface area contributed by atoms with E-state index in [-0.39, 0.29) is 23.0 Å². The van der Waals surface area contributed by atoms with Crippen LogP contribution in [0.1, 0.15) is 26.5 Å². The topological polar surface area (TPSA) is 64.1 Å². The minimum Gasteiger partial charge on any atom is -0.500 e.